The fraction of sp³-hybridized carbons (Fsp3) is 0.182. The Labute approximate surface area is 88.1 Å². The van der Waals surface area contributed by atoms with E-state index in [4.69, 9.17) is 16.3 Å². The van der Waals surface area contributed by atoms with Gasteiger partial charge in [-0.2, -0.15) is 0 Å². The number of rotatable bonds is 3. The zero-order valence-corrected chi connectivity index (χ0v) is 8.84. The van der Waals surface area contributed by atoms with Gasteiger partial charge in [0.1, 0.15) is 5.75 Å². The molecule has 0 aliphatic carbocycles. The van der Waals surface area contributed by atoms with Crippen molar-refractivity contribution in [3.8, 4) is 5.75 Å². The lowest BCUT2D eigenvalue weighted by Gasteiger charge is -2.03. The molecule has 1 aromatic carbocycles. The van der Waals surface area contributed by atoms with Gasteiger partial charge >= 0.3 is 0 Å². The molecule has 0 amide bonds. The van der Waals surface area contributed by atoms with Crippen molar-refractivity contribution in [2.24, 2.45) is 0 Å². The second-order valence-electron chi connectivity index (χ2n) is 2.71. The van der Waals surface area contributed by atoms with Gasteiger partial charge in [0.15, 0.2) is 5.78 Å². The Morgan fingerprint density at radius 3 is 2.79 bits per heavy atom. The van der Waals surface area contributed by atoms with E-state index in [9.17, 15) is 4.79 Å². The van der Waals surface area contributed by atoms with Crippen molar-refractivity contribution in [3.63, 3.8) is 0 Å². The Hall–Kier alpha value is -1.28. The maximum Gasteiger partial charge on any atom is 0.187 e. The average molecular weight is 211 g/mol. The summed E-state index contributed by atoms with van der Waals surface area (Å²) in [4.78, 5) is 11.5. The lowest BCUT2D eigenvalue weighted by atomic mass is 10.1. The van der Waals surface area contributed by atoms with Crippen LogP contribution in [0.15, 0.2) is 30.4 Å². The fourth-order valence-electron chi connectivity index (χ4n) is 1.06. The van der Waals surface area contributed by atoms with Crippen molar-refractivity contribution >= 4 is 17.4 Å². The SMILES string of the molecule is CC=CC(=O)c1cc(OC)ccc1Cl. The highest BCUT2D eigenvalue weighted by atomic mass is 35.5. The molecule has 0 saturated heterocycles. The van der Waals surface area contributed by atoms with Crippen molar-refractivity contribution in [1.82, 2.24) is 0 Å². The van der Waals surface area contributed by atoms with E-state index >= 15 is 0 Å². The minimum Gasteiger partial charge on any atom is -0.497 e. The van der Waals surface area contributed by atoms with Crippen molar-refractivity contribution in [3.05, 3.63) is 40.9 Å². The molecule has 0 aromatic heterocycles. The van der Waals surface area contributed by atoms with Crippen LogP contribution >= 0.6 is 11.6 Å². The summed E-state index contributed by atoms with van der Waals surface area (Å²) in [5.41, 5.74) is 0.462. The molecule has 0 spiro atoms. The number of benzene rings is 1. The van der Waals surface area contributed by atoms with Crippen LogP contribution < -0.4 is 4.74 Å². The van der Waals surface area contributed by atoms with Crippen molar-refractivity contribution in [2.45, 2.75) is 6.92 Å². The van der Waals surface area contributed by atoms with Gasteiger partial charge in [-0.3, -0.25) is 4.79 Å². The summed E-state index contributed by atoms with van der Waals surface area (Å²) in [6.07, 6.45) is 3.15. The molecule has 1 rings (SSSR count). The first-order chi connectivity index (χ1) is 6.69. The van der Waals surface area contributed by atoms with Gasteiger partial charge in [-0.25, -0.2) is 0 Å². The van der Waals surface area contributed by atoms with Crippen LogP contribution in [0.5, 0.6) is 5.75 Å². The molecule has 0 N–H and O–H groups in total. The largest absolute Gasteiger partial charge is 0.497 e. The summed E-state index contributed by atoms with van der Waals surface area (Å²) >= 11 is 5.87. The third-order valence-corrected chi connectivity index (χ3v) is 2.09. The van der Waals surface area contributed by atoms with E-state index in [0.29, 0.717) is 16.3 Å². The van der Waals surface area contributed by atoms with E-state index in [0.717, 1.165) is 0 Å². The number of methoxy groups -OCH3 is 1. The van der Waals surface area contributed by atoms with Crippen molar-refractivity contribution in [2.75, 3.05) is 7.11 Å². The molecule has 1 aromatic rings. The first-order valence-corrected chi connectivity index (χ1v) is 4.57. The second-order valence-corrected chi connectivity index (χ2v) is 3.12. The Kier molecular flexibility index (Phi) is 3.72. The molecular weight excluding hydrogens is 200 g/mol. The first-order valence-electron chi connectivity index (χ1n) is 4.19. The van der Waals surface area contributed by atoms with Gasteiger partial charge in [0.25, 0.3) is 0 Å². The molecule has 0 saturated carbocycles. The summed E-state index contributed by atoms with van der Waals surface area (Å²) in [5.74, 6) is 0.513. The number of hydrogen-bond donors (Lipinski definition) is 0. The van der Waals surface area contributed by atoms with Crippen LogP contribution in [0, 0.1) is 0 Å². The van der Waals surface area contributed by atoms with Crippen molar-refractivity contribution in [1.29, 1.82) is 0 Å². The molecule has 14 heavy (non-hydrogen) atoms. The van der Waals surface area contributed by atoms with Gasteiger partial charge in [0, 0.05) is 5.56 Å². The summed E-state index contributed by atoms with van der Waals surface area (Å²) in [7, 11) is 1.55. The van der Waals surface area contributed by atoms with Crippen molar-refractivity contribution < 1.29 is 9.53 Å². The summed E-state index contributed by atoms with van der Waals surface area (Å²) in [6, 6.07) is 5.00. The number of halogens is 1. The molecular formula is C11H11ClO2. The Balaban J connectivity index is 3.12. The molecule has 0 heterocycles. The number of ether oxygens (including phenoxy) is 1. The number of hydrogen-bond acceptors (Lipinski definition) is 2. The summed E-state index contributed by atoms with van der Waals surface area (Å²) in [6.45, 7) is 1.78. The van der Waals surface area contributed by atoms with Gasteiger partial charge in [0.2, 0.25) is 0 Å². The third kappa shape index (κ3) is 2.36. The van der Waals surface area contributed by atoms with E-state index in [1.165, 1.54) is 6.08 Å². The van der Waals surface area contributed by atoms with Crippen LogP contribution in [0.1, 0.15) is 17.3 Å². The Morgan fingerprint density at radius 2 is 2.21 bits per heavy atom. The van der Waals surface area contributed by atoms with Crippen LogP contribution in [-0.2, 0) is 0 Å². The molecule has 0 bridgehead atoms. The highest BCUT2D eigenvalue weighted by Gasteiger charge is 2.08. The van der Waals surface area contributed by atoms with Gasteiger partial charge in [-0.15, -0.1) is 0 Å². The monoisotopic (exact) mass is 210 g/mol. The maximum absolute atomic E-state index is 11.5. The van der Waals surface area contributed by atoms with Crippen LogP contribution in [0.25, 0.3) is 0 Å². The number of carbonyl (C=O) groups is 1. The molecule has 0 aliphatic rings. The van der Waals surface area contributed by atoms with Crippen LogP contribution in [0.4, 0.5) is 0 Å². The minimum atomic E-state index is -0.114. The molecule has 2 nitrogen and oxygen atoms in total. The van der Waals surface area contributed by atoms with Gasteiger partial charge in [-0.1, -0.05) is 17.7 Å². The molecule has 0 fully saturated rings. The number of ketones is 1. The average Bonchev–Trinajstić information content (AvgIpc) is 2.19. The summed E-state index contributed by atoms with van der Waals surface area (Å²) < 4.78 is 5.00. The van der Waals surface area contributed by atoms with E-state index in [1.807, 2.05) is 0 Å². The van der Waals surface area contributed by atoms with E-state index in [-0.39, 0.29) is 5.78 Å². The van der Waals surface area contributed by atoms with E-state index in [2.05, 4.69) is 0 Å². The standard InChI is InChI=1S/C11H11ClO2/c1-3-4-11(13)9-7-8(14-2)5-6-10(9)12/h3-7H,1-2H3. The van der Waals surface area contributed by atoms with E-state index < -0.39 is 0 Å². The lowest BCUT2D eigenvalue weighted by molar-refractivity contribution is 0.104. The van der Waals surface area contributed by atoms with Gasteiger partial charge in [0.05, 0.1) is 12.1 Å². The molecule has 0 radical (unpaired) electrons. The molecule has 0 unspecified atom stereocenters. The fourth-order valence-corrected chi connectivity index (χ4v) is 1.27. The second kappa shape index (κ2) is 4.82. The highest BCUT2D eigenvalue weighted by Crippen LogP contribution is 2.22. The zero-order valence-electron chi connectivity index (χ0n) is 8.08. The lowest BCUT2D eigenvalue weighted by Crippen LogP contribution is -1.96. The van der Waals surface area contributed by atoms with Crippen LogP contribution in [0.2, 0.25) is 5.02 Å². The summed E-state index contributed by atoms with van der Waals surface area (Å²) in [5, 5.41) is 0.439. The molecule has 74 valence electrons. The molecule has 3 heteroatoms. The highest BCUT2D eigenvalue weighted by molar-refractivity contribution is 6.34. The Bertz CT molecular complexity index is 370. The smallest absolute Gasteiger partial charge is 0.187 e. The molecule has 0 atom stereocenters. The Morgan fingerprint density at radius 1 is 1.50 bits per heavy atom. The minimum absolute atomic E-state index is 0.114. The predicted octanol–water partition coefficient (Wildman–Crippen LogP) is 3.11. The first kappa shape index (κ1) is 10.8. The van der Waals surface area contributed by atoms with Crippen LogP contribution in [0.3, 0.4) is 0 Å². The number of allylic oxidation sites excluding steroid dienone is 2. The predicted molar refractivity (Wildman–Crippen MR) is 57.1 cm³/mol. The van der Waals surface area contributed by atoms with Gasteiger partial charge < -0.3 is 4.74 Å². The maximum atomic E-state index is 11.5. The van der Waals surface area contributed by atoms with E-state index in [1.54, 1.807) is 38.3 Å². The third-order valence-electron chi connectivity index (χ3n) is 1.76. The quantitative estimate of drug-likeness (QED) is 0.566. The zero-order chi connectivity index (χ0) is 10.6. The molecule has 0 aliphatic heterocycles. The normalized spacial score (nSPS) is 10.5. The van der Waals surface area contributed by atoms with Crippen LogP contribution in [-0.4, -0.2) is 12.9 Å². The number of carbonyl (C=O) groups excluding carboxylic acids is 1. The van der Waals surface area contributed by atoms with Gasteiger partial charge in [-0.05, 0) is 31.2 Å². The topological polar surface area (TPSA) is 26.3 Å².